The summed E-state index contributed by atoms with van der Waals surface area (Å²) >= 11 is 0. The number of carbonyl (C=O) groups excluding carboxylic acids is 3. The first-order valence-corrected chi connectivity index (χ1v) is 7.56. The van der Waals surface area contributed by atoms with Gasteiger partial charge in [-0.15, -0.1) is 0 Å². The Morgan fingerprint density at radius 3 is 2.57 bits per heavy atom. The van der Waals surface area contributed by atoms with Crippen LogP contribution in [0.15, 0.2) is 18.2 Å². The molecule has 4 heteroatoms. The Kier molecular flexibility index (Phi) is 3.62. The molecule has 2 amide bonds. The minimum Gasteiger partial charge on any atom is -0.294 e. The molecule has 1 aromatic rings. The lowest BCUT2D eigenvalue weighted by atomic mass is 9.83. The molecule has 0 unspecified atom stereocenters. The van der Waals surface area contributed by atoms with E-state index >= 15 is 0 Å². The molecule has 1 aliphatic carbocycles. The van der Waals surface area contributed by atoms with Gasteiger partial charge in [0, 0.05) is 24.1 Å². The van der Waals surface area contributed by atoms with E-state index in [4.69, 9.17) is 0 Å². The molecule has 4 nitrogen and oxygen atoms in total. The van der Waals surface area contributed by atoms with Crippen LogP contribution in [0.1, 0.15) is 58.4 Å². The number of ketones is 1. The summed E-state index contributed by atoms with van der Waals surface area (Å²) in [7, 11) is 1.49. The molecule has 110 valence electrons. The van der Waals surface area contributed by atoms with Gasteiger partial charge in [-0.25, -0.2) is 0 Å². The molecule has 1 aliphatic heterocycles. The Labute approximate surface area is 124 Å². The highest BCUT2D eigenvalue weighted by molar-refractivity contribution is 6.11. The Morgan fingerprint density at radius 2 is 1.86 bits per heavy atom. The number of benzene rings is 1. The van der Waals surface area contributed by atoms with E-state index in [0.717, 1.165) is 36.1 Å². The molecule has 0 saturated heterocycles. The highest BCUT2D eigenvalue weighted by Gasteiger charge is 2.30. The van der Waals surface area contributed by atoms with Crippen LogP contribution in [0.5, 0.6) is 0 Å². The van der Waals surface area contributed by atoms with Crippen molar-refractivity contribution < 1.29 is 14.4 Å². The van der Waals surface area contributed by atoms with Crippen LogP contribution in [0.2, 0.25) is 0 Å². The van der Waals surface area contributed by atoms with Crippen LogP contribution in [0.25, 0.3) is 0 Å². The van der Waals surface area contributed by atoms with Crippen molar-refractivity contribution in [1.29, 1.82) is 0 Å². The number of imide groups is 1. The van der Waals surface area contributed by atoms with Crippen LogP contribution in [0.4, 0.5) is 0 Å². The molecule has 0 atom stereocenters. The zero-order chi connectivity index (χ0) is 15.0. The van der Waals surface area contributed by atoms with Gasteiger partial charge in [0.2, 0.25) is 5.91 Å². The number of likely N-dealkylation sites (N-methyl/N-ethyl adjacent to an activating group) is 1. The summed E-state index contributed by atoms with van der Waals surface area (Å²) < 4.78 is 0. The van der Waals surface area contributed by atoms with Gasteiger partial charge in [0.05, 0.1) is 6.42 Å². The number of amides is 2. The van der Waals surface area contributed by atoms with E-state index in [2.05, 4.69) is 0 Å². The Hall–Kier alpha value is -1.97. The van der Waals surface area contributed by atoms with Gasteiger partial charge in [0.15, 0.2) is 5.78 Å². The third-order valence-corrected chi connectivity index (χ3v) is 4.62. The molecule has 21 heavy (non-hydrogen) atoms. The van der Waals surface area contributed by atoms with E-state index in [-0.39, 0.29) is 29.9 Å². The molecule has 1 aromatic carbocycles. The van der Waals surface area contributed by atoms with E-state index in [9.17, 15) is 14.4 Å². The van der Waals surface area contributed by atoms with Gasteiger partial charge in [-0.1, -0.05) is 31.4 Å². The lowest BCUT2D eigenvalue weighted by molar-refractivity contribution is -0.127. The molecule has 2 aliphatic rings. The molecule has 1 fully saturated rings. The third-order valence-electron chi connectivity index (χ3n) is 4.62. The van der Waals surface area contributed by atoms with E-state index < -0.39 is 0 Å². The van der Waals surface area contributed by atoms with Gasteiger partial charge in [-0.2, -0.15) is 0 Å². The topological polar surface area (TPSA) is 54.5 Å². The molecule has 1 saturated carbocycles. The number of hydrogen-bond donors (Lipinski definition) is 0. The fourth-order valence-electron chi connectivity index (χ4n) is 3.26. The average molecular weight is 285 g/mol. The highest BCUT2D eigenvalue weighted by atomic mass is 16.2. The standard InChI is InChI=1S/C17H19NO3/c1-18-15(19)10-12-7-8-13(9-14(12)17(18)21)16(20)11-5-3-2-4-6-11/h7-9,11H,2-6,10H2,1H3. The van der Waals surface area contributed by atoms with Crippen LogP contribution < -0.4 is 0 Å². The maximum Gasteiger partial charge on any atom is 0.260 e. The predicted molar refractivity (Wildman–Crippen MR) is 78.2 cm³/mol. The fourth-order valence-corrected chi connectivity index (χ4v) is 3.26. The van der Waals surface area contributed by atoms with Crippen LogP contribution in [0, 0.1) is 5.92 Å². The number of fused-ring (bicyclic) bond motifs is 1. The zero-order valence-electron chi connectivity index (χ0n) is 12.2. The number of nitrogens with zero attached hydrogens (tertiary/aromatic N) is 1. The molecule has 0 spiro atoms. The number of carbonyl (C=O) groups is 3. The van der Waals surface area contributed by atoms with Crippen molar-refractivity contribution in [2.75, 3.05) is 7.05 Å². The van der Waals surface area contributed by atoms with Crippen LogP contribution in [-0.2, 0) is 11.2 Å². The van der Waals surface area contributed by atoms with Crippen molar-refractivity contribution in [3.8, 4) is 0 Å². The molecule has 0 radical (unpaired) electrons. The van der Waals surface area contributed by atoms with Crippen LogP contribution >= 0.6 is 0 Å². The lowest BCUT2D eigenvalue weighted by Crippen LogP contribution is -2.39. The van der Waals surface area contributed by atoms with E-state index in [0.29, 0.717) is 11.1 Å². The van der Waals surface area contributed by atoms with E-state index in [1.54, 1.807) is 18.2 Å². The average Bonchev–Trinajstić information content (AvgIpc) is 2.53. The second-order valence-corrected chi connectivity index (χ2v) is 6.01. The SMILES string of the molecule is CN1C(=O)Cc2ccc(C(=O)C3CCCCC3)cc2C1=O. The summed E-state index contributed by atoms with van der Waals surface area (Å²) in [6, 6.07) is 5.20. The Balaban J connectivity index is 1.90. The smallest absolute Gasteiger partial charge is 0.260 e. The van der Waals surface area contributed by atoms with Gasteiger partial charge < -0.3 is 0 Å². The van der Waals surface area contributed by atoms with Crippen molar-refractivity contribution >= 4 is 17.6 Å². The van der Waals surface area contributed by atoms with Crippen molar-refractivity contribution in [3.63, 3.8) is 0 Å². The normalized spacial score (nSPS) is 19.6. The second kappa shape index (κ2) is 5.43. The van der Waals surface area contributed by atoms with Gasteiger partial charge in [0.25, 0.3) is 5.91 Å². The first-order chi connectivity index (χ1) is 10.1. The first kappa shape index (κ1) is 14.0. The number of rotatable bonds is 2. The largest absolute Gasteiger partial charge is 0.294 e. The maximum atomic E-state index is 12.5. The third kappa shape index (κ3) is 2.50. The van der Waals surface area contributed by atoms with Gasteiger partial charge in [-0.3, -0.25) is 19.3 Å². The monoisotopic (exact) mass is 285 g/mol. The van der Waals surface area contributed by atoms with Crippen LogP contribution in [0.3, 0.4) is 0 Å². The molecular weight excluding hydrogens is 266 g/mol. The predicted octanol–water partition coefficient (Wildman–Crippen LogP) is 2.60. The van der Waals surface area contributed by atoms with Crippen molar-refractivity contribution in [3.05, 3.63) is 34.9 Å². The molecule has 3 rings (SSSR count). The molecule has 0 bridgehead atoms. The van der Waals surface area contributed by atoms with Gasteiger partial charge >= 0.3 is 0 Å². The Bertz CT molecular complexity index is 614. The number of hydrogen-bond acceptors (Lipinski definition) is 3. The summed E-state index contributed by atoms with van der Waals surface area (Å²) in [5, 5.41) is 0. The fraction of sp³-hybridized carbons (Fsp3) is 0.471. The molecule has 0 aromatic heterocycles. The van der Waals surface area contributed by atoms with Crippen molar-refractivity contribution in [2.45, 2.75) is 38.5 Å². The van der Waals surface area contributed by atoms with Crippen molar-refractivity contribution in [1.82, 2.24) is 4.90 Å². The zero-order valence-corrected chi connectivity index (χ0v) is 12.2. The van der Waals surface area contributed by atoms with Gasteiger partial charge in [0.1, 0.15) is 0 Å². The number of Topliss-reactive ketones (excluding diaryl/α,β-unsaturated/α-hetero) is 1. The summed E-state index contributed by atoms with van der Waals surface area (Å²) in [6.45, 7) is 0. The van der Waals surface area contributed by atoms with Gasteiger partial charge in [-0.05, 0) is 24.5 Å². The summed E-state index contributed by atoms with van der Waals surface area (Å²) in [5.41, 5.74) is 1.83. The Morgan fingerprint density at radius 1 is 1.14 bits per heavy atom. The minimum absolute atomic E-state index is 0.0925. The second-order valence-electron chi connectivity index (χ2n) is 6.01. The van der Waals surface area contributed by atoms with Crippen molar-refractivity contribution in [2.24, 2.45) is 5.92 Å². The summed E-state index contributed by atoms with van der Waals surface area (Å²) in [6.07, 6.45) is 5.55. The molecule has 0 N–H and O–H groups in total. The minimum atomic E-state index is -0.306. The highest BCUT2D eigenvalue weighted by Crippen LogP contribution is 2.28. The maximum absolute atomic E-state index is 12.5. The molecular formula is C17H19NO3. The van der Waals surface area contributed by atoms with E-state index in [1.807, 2.05) is 0 Å². The summed E-state index contributed by atoms with van der Waals surface area (Å²) in [5.74, 6) is -0.266. The van der Waals surface area contributed by atoms with Crippen LogP contribution in [-0.4, -0.2) is 29.5 Å². The van der Waals surface area contributed by atoms with E-state index in [1.165, 1.54) is 13.5 Å². The molecule has 1 heterocycles. The quantitative estimate of drug-likeness (QED) is 0.620. The first-order valence-electron chi connectivity index (χ1n) is 7.56. The lowest BCUT2D eigenvalue weighted by Gasteiger charge is -2.24. The summed E-state index contributed by atoms with van der Waals surface area (Å²) in [4.78, 5) is 37.5.